The molecule has 0 aliphatic heterocycles. The molecular weight excluding hydrogens is 180 g/mol. The molecule has 1 aromatic carbocycles. The zero-order chi connectivity index (χ0) is 9.97. The highest BCUT2D eigenvalue weighted by atomic mass is 16.3. The van der Waals surface area contributed by atoms with Gasteiger partial charge in [-0.05, 0) is 12.1 Å². The third-order valence-electron chi connectivity index (χ3n) is 1.94. The maximum Gasteiger partial charge on any atom is 0.151 e. The van der Waals surface area contributed by atoms with Crippen molar-refractivity contribution in [2.45, 2.75) is 6.54 Å². The topological polar surface area (TPSA) is 77.0 Å². The minimum atomic E-state index is 0.182. The van der Waals surface area contributed by atoms with Gasteiger partial charge in [-0.2, -0.15) is 0 Å². The second kappa shape index (κ2) is 3.47. The van der Waals surface area contributed by atoms with Crippen LogP contribution in [-0.4, -0.2) is 19.9 Å². The molecule has 1 aromatic heterocycles. The summed E-state index contributed by atoms with van der Waals surface area (Å²) in [6.07, 6.45) is 1.53. The van der Waals surface area contributed by atoms with E-state index in [1.54, 1.807) is 22.8 Å². The van der Waals surface area contributed by atoms with Gasteiger partial charge in [0, 0.05) is 0 Å². The van der Waals surface area contributed by atoms with Crippen molar-refractivity contribution >= 4 is 0 Å². The minimum Gasteiger partial charge on any atom is -0.506 e. The molecule has 2 aromatic rings. The summed E-state index contributed by atoms with van der Waals surface area (Å²) in [6, 6.07) is 6.97. The fourth-order valence-electron chi connectivity index (χ4n) is 1.27. The lowest BCUT2D eigenvalue weighted by atomic mass is 10.3. The molecule has 1 heterocycles. The Balaban J connectivity index is 2.54. The van der Waals surface area contributed by atoms with Crippen molar-refractivity contribution in [2.75, 3.05) is 0 Å². The van der Waals surface area contributed by atoms with E-state index in [-0.39, 0.29) is 12.3 Å². The van der Waals surface area contributed by atoms with Gasteiger partial charge in [0.2, 0.25) is 0 Å². The Labute approximate surface area is 80.8 Å². The second-order valence-corrected chi connectivity index (χ2v) is 2.81. The molecule has 14 heavy (non-hydrogen) atoms. The number of aromatic hydroxyl groups is 1. The average molecular weight is 190 g/mol. The van der Waals surface area contributed by atoms with Crippen LogP contribution < -0.4 is 5.73 Å². The highest BCUT2D eigenvalue weighted by Crippen LogP contribution is 2.20. The molecule has 0 bridgehead atoms. The molecule has 5 heteroatoms. The lowest BCUT2D eigenvalue weighted by molar-refractivity contribution is 0.471. The average Bonchev–Trinajstić information content (AvgIpc) is 2.66. The normalized spacial score (nSPS) is 10.4. The zero-order valence-corrected chi connectivity index (χ0v) is 7.46. The third-order valence-corrected chi connectivity index (χ3v) is 1.94. The molecule has 0 fully saturated rings. The zero-order valence-electron chi connectivity index (χ0n) is 7.46. The number of benzene rings is 1. The van der Waals surface area contributed by atoms with Crippen LogP contribution in [0.2, 0.25) is 0 Å². The van der Waals surface area contributed by atoms with Crippen LogP contribution >= 0.6 is 0 Å². The molecule has 2 rings (SSSR count). The third kappa shape index (κ3) is 1.33. The SMILES string of the molecule is NCc1nncn1-c1ccccc1O. The predicted molar refractivity (Wildman–Crippen MR) is 50.9 cm³/mol. The monoisotopic (exact) mass is 190 g/mol. The predicted octanol–water partition coefficient (Wildman–Crippen LogP) is 0.432. The molecule has 0 saturated heterocycles. The van der Waals surface area contributed by atoms with Gasteiger partial charge in [-0.1, -0.05) is 12.1 Å². The summed E-state index contributed by atoms with van der Waals surface area (Å²) in [4.78, 5) is 0. The van der Waals surface area contributed by atoms with E-state index in [2.05, 4.69) is 10.2 Å². The molecule has 72 valence electrons. The van der Waals surface area contributed by atoms with Gasteiger partial charge in [0.05, 0.1) is 12.2 Å². The van der Waals surface area contributed by atoms with Crippen molar-refractivity contribution in [1.82, 2.24) is 14.8 Å². The molecule has 3 N–H and O–H groups in total. The first-order valence-electron chi connectivity index (χ1n) is 4.20. The Kier molecular flexibility index (Phi) is 2.16. The molecule has 0 saturated carbocycles. The Morgan fingerprint density at radius 1 is 1.36 bits per heavy atom. The molecule has 0 radical (unpaired) electrons. The van der Waals surface area contributed by atoms with E-state index in [1.165, 1.54) is 6.33 Å². The largest absolute Gasteiger partial charge is 0.506 e. The van der Waals surface area contributed by atoms with Crippen LogP contribution in [0.1, 0.15) is 5.82 Å². The number of nitrogens with two attached hydrogens (primary N) is 1. The highest BCUT2D eigenvalue weighted by molar-refractivity contribution is 5.45. The number of para-hydroxylation sites is 2. The number of nitrogens with zero attached hydrogens (tertiary/aromatic N) is 3. The van der Waals surface area contributed by atoms with Gasteiger partial charge in [0.15, 0.2) is 5.82 Å². The van der Waals surface area contributed by atoms with Gasteiger partial charge in [0.25, 0.3) is 0 Å². The first-order chi connectivity index (χ1) is 6.83. The molecule has 0 amide bonds. The van der Waals surface area contributed by atoms with E-state index in [9.17, 15) is 5.11 Å². The maximum atomic E-state index is 9.59. The summed E-state index contributed by atoms with van der Waals surface area (Å²) >= 11 is 0. The van der Waals surface area contributed by atoms with Gasteiger partial charge >= 0.3 is 0 Å². The Morgan fingerprint density at radius 3 is 2.86 bits per heavy atom. The first-order valence-corrected chi connectivity index (χ1v) is 4.20. The second-order valence-electron chi connectivity index (χ2n) is 2.81. The number of rotatable bonds is 2. The van der Waals surface area contributed by atoms with E-state index >= 15 is 0 Å². The highest BCUT2D eigenvalue weighted by Gasteiger charge is 2.07. The van der Waals surface area contributed by atoms with Crippen molar-refractivity contribution in [1.29, 1.82) is 0 Å². The number of hydrogen-bond donors (Lipinski definition) is 2. The van der Waals surface area contributed by atoms with Crippen LogP contribution in [0.25, 0.3) is 5.69 Å². The van der Waals surface area contributed by atoms with Gasteiger partial charge in [-0.3, -0.25) is 4.57 Å². The lowest BCUT2D eigenvalue weighted by Gasteiger charge is -2.06. The summed E-state index contributed by atoms with van der Waals surface area (Å²) in [5, 5.41) is 17.1. The summed E-state index contributed by atoms with van der Waals surface area (Å²) < 4.78 is 1.66. The first kappa shape index (κ1) is 8.71. The number of hydrogen-bond acceptors (Lipinski definition) is 4. The quantitative estimate of drug-likeness (QED) is 0.720. The van der Waals surface area contributed by atoms with Crippen LogP contribution in [0.3, 0.4) is 0 Å². The van der Waals surface area contributed by atoms with Crippen molar-refractivity contribution in [3.63, 3.8) is 0 Å². The smallest absolute Gasteiger partial charge is 0.151 e. The van der Waals surface area contributed by atoms with E-state index < -0.39 is 0 Å². The maximum absolute atomic E-state index is 9.59. The van der Waals surface area contributed by atoms with Gasteiger partial charge in [-0.25, -0.2) is 0 Å². The van der Waals surface area contributed by atoms with E-state index in [0.29, 0.717) is 11.5 Å². The molecule has 0 spiro atoms. The van der Waals surface area contributed by atoms with Crippen LogP contribution in [-0.2, 0) is 6.54 Å². The fraction of sp³-hybridized carbons (Fsp3) is 0.111. The number of phenols is 1. The molecule has 0 unspecified atom stereocenters. The summed E-state index contributed by atoms with van der Waals surface area (Å²) in [7, 11) is 0. The summed E-state index contributed by atoms with van der Waals surface area (Å²) in [6.45, 7) is 0.286. The van der Waals surface area contributed by atoms with Crippen LogP contribution in [0, 0.1) is 0 Å². The molecule has 0 atom stereocenters. The van der Waals surface area contributed by atoms with Crippen LogP contribution in [0.4, 0.5) is 0 Å². The number of aromatic nitrogens is 3. The van der Waals surface area contributed by atoms with Crippen molar-refractivity contribution in [3.05, 3.63) is 36.4 Å². The van der Waals surface area contributed by atoms with Gasteiger partial charge in [0.1, 0.15) is 12.1 Å². The van der Waals surface area contributed by atoms with E-state index in [1.807, 2.05) is 6.07 Å². The van der Waals surface area contributed by atoms with Gasteiger partial charge in [-0.15, -0.1) is 10.2 Å². The van der Waals surface area contributed by atoms with Gasteiger partial charge < -0.3 is 10.8 Å². The molecular formula is C9H10N4O. The summed E-state index contributed by atoms with van der Waals surface area (Å²) in [5.41, 5.74) is 6.11. The number of phenolic OH excluding ortho intramolecular Hbond substituents is 1. The minimum absolute atomic E-state index is 0.182. The Bertz CT molecular complexity index is 438. The van der Waals surface area contributed by atoms with Crippen molar-refractivity contribution in [2.24, 2.45) is 5.73 Å². The standard InChI is InChI=1S/C9H10N4O/c10-5-9-12-11-6-13(9)7-3-1-2-4-8(7)14/h1-4,6,14H,5,10H2. The molecule has 0 aliphatic carbocycles. The Morgan fingerprint density at radius 2 is 2.14 bits per heavy atom. The summed E-state index contributed by atoms with van der Waals surface area (Å²) in [5.74, 6) is 0.800. The molecule has 5 nitrogen and oxygen atoms in total. The van der Waals surface area contributed by atoms with E-state index in [0.717, 1.165) is 0 Å². The molecule has 0 aliphatic rings. The van der Waals surface area contributed by atoms with Crippen LogP contribution in [0.5, 0.6) is 5.75 Å². The van der Waals surface area contributed by atoms with E-state index in [4.69, 9.17) is 5.73 Å². The lowest BCUT2D eigenvalue weighted by Crippen LogP contribution is -2.06. The Hall–Kier alpha value is -1.88. The van der Waals surface area contributed by atoms with Crippen molar-refractivity contribution in [3.8, 4) is 11.4 Å². The van der Waals surface area contributed by atoms with Crippen LogP contribution in [0.15, 0.2) is 30.6 Å². The fourth-order valence-corrected chi connectivity index (χ4v) is 1.27. The van der Waals surface area contributed by atoms with Crippen molar-refractivity contribution < 1.29 is 5.11 Å².